The van der Waals surface area contributed by atoms with Crippen LogP contribution in [-0.4, -0.2) is 5.11 Å². The number of aliphatic hydroxyl groups is 1. The van der Waals surface area contributed by atoms with E-state index >= 15 is 0 Å². The third kappa shape index (κ3) is 3.69. The van der Waals surface area contributed by atoms with Crippen molar-refractivity contribution in [1.29, 1.82) is 0 Å². The lowest BCUT2D eigenvalue weighted by molar-refractivity contribution is 0.257. The maximum Gasteiger partial charge on any atom is 0.130 e. The quantitative estimate of drug-likeness (QED) is 0.894. The normalized spacial score (nSPS) is 10.5. The van der Waals surface area contributed by atoms with Gasteiger partial charge in [0, 0.05) is 20.6 Å². The second-order valence-electron chi connectivity index (χ2n) is 3.93. The van der Waals surface area contributed by atoms with Crippen LogP contribution >= 0.6 is 27.5 Å². The van der Waals surface area contributed by atoms with Crippen molar-refractivity contribution in [2.24, 2.45) is 0 Å². The zero-order valence-electron chi connectivity index (χ0n) is 9.87. The molecular weight excluding hydrogens is 335 g/mol. The van der Waals surface area contributed by atoms with Crippen molar-refractivity contribution < 1.29 is 14.2 Å². The Kier molecular flexibility index (Phi) is 4.80. The Morgan fingerprint density at radius 2 is 1.95 bits per heavy atom. The molecule has 100 valence electrons. The van der Waals surface area contributed by atoms with Gasteiger partial charge < -0.3 is 9.84 Å². The number of benzene rings is 2. The molecule has 0 aliphatic carbocycles. The van der Waals surface area contributed by atoms with Crippen LogP contribution in [0, 0.1) is 5.82 Å². The molecule has 0 fully saturated rings. The molecule has 0 amide bonds. The van der Waals surface area contributed by atoms with Crippen LogP contribution in [0.3, 0.4) is 0 Å². The van der Waals surface area contributed by atoms with Gasteiger partial charge in [-0.05, 0) is 30.3 Å². The van der Waals surface area contributed by atoms with Gasteiger partial charge in [-0.3, -0.25) is 0 Å². The lowest BCUT2D eigenvalue weighted by Gasteiger charge is -2.11. The highest BCUT2D eigenvalue weighted by Gasteiger charge is 2.07. The first-order valence-electron chi connectivity index (χ1n) is 5.56. The van der Waals surface area contributed by atoms with Crippen LogP contribution in [0.15, 0.2) is 40.9 Å². The average molecular weight is 346 g/mol. The summed E-state index contributed by atoms with van der Waals surface area (Å²) in [4.78, 5) is 0. The molecule has 0 saturated heterocycles. The molecule has 2 aromatic rings. The molecule has 1 N–H and O–H groups in total. The molecule has 2 rings (SSSR count). The molecule has 0 saturated carbocycles. The van der Waals surface area contributed by atoms with E-state index in [2.05, 4.69) is 15.9 Å². The summed E-state index contributed by atoms with van der Waals surface area (Å²) in [5, 5.41) is 9.73. The number of aliphatic hydroxyl groups excluding tert-OH is 1. The minimum atomic E-state index is -0.339. The number of rotatable bonds is 4. The molecule has 0 aromatic heterocycles. The summed E-state index contributed by atoms with van der Waals surface area (Å²) >= 11 is 9.02. The van der Waals surface area contributed by atoms with Crippen LogP contribution in [0.1, 0.15) is 11.1 Å². The molecule has 19 heavy (non-hydrogen) atoms. The minimum absolute atomic E-state index is 0.0910. The summed E-state index contributed by atoms with van der Waals surface area (Å²) in [5.41, 5.74) is 1.02. The van der Waals surface area contributed by atoms with E-state index in [-0.39, 0.29) is 19.0 Å². The van der Waals surface area contributed by atoms with Crippen LogP contribution in [0.4, 0.5) is 4.39 Å². The highest BCUT2D eigenvalue weighted by Crippen LogP contribution is 2.24. The lowest BCUT2D eigenvalue weighted by atomic mass is 10.2. The predicted molar refractivity (Wildman–Crippen MR) is 75.8 cm³/mol. The number of hydrogen-bond acceptors (Lipinski definition) is 2. The van der Waals surface area contributed by atoms with Gasteiger partial charge in [0.1, 0.15) is 18.2 Å². The van der Waals surface area contributed by atoms with Crippen molar-refractivity contribution >= 4 is 27.5 Å². The van der Waals surface area contributed by atoms with Crippen LogP contribution < -0.4 is 4.74 Å². The van der Waals surface area contributed by atoms with Gasteiger partial charge in [0.05, 0.1) is 6.61 Å². The van der Waals surface area contributed by atoms with Gasteiger partial charge in [-0.25, -0.2) is 4.39 Å². The predicted octanol–water partition coefficient (Wildman–Crippen LogP) is 4.31. The molecule has 5 heteroatoms. The van der Waals surface area contributed by atoms with Crippen molar-refractivity contribution in [3.05, 3.63) is 62.8 Å². The third-order valence-electron chi connectivity index (χ3n) is 2.59. The molecule has 0 spiro atoms. The molecule has 0 radical (unpaired) electrons. The van der Waals surface area contributed by atoms with E-state index in [4.69, 9.17) is 16.3 Å². The fourth-order valence-corrected chi connectivity index (χ4v) is 2.13. The Hall–Kier alpha value is -1.10. The van der Waals surface area contributed by atoms with Crippen molar-refractivity contribution in [3.63, 3.8) is 0 Å². The van der Waals surface area contributed by atoms with Gasteiger partial charge in [0.2, 0.25) is 0 Å². The average Bonchev–Trinajstić information content (AvgIpc) is 2.39. The van der Waals surface area contributed by atoms with E-state index in [1.165, 1.54) is 6.07 Å². The van der Waals surface area contributed by atoms with Crippen LogP contribution in [0.5, 0.6) is 5.75 Å². The molecule has 0 aliphatic heterocycles. The zero-order valence-corrected chi connectivity index (χ0v) is 12.2. The highest BCUT2D eigenvalue weighted by molar-refractivity contribution is 9.10. The molecule has 0 atom stereocenters. The lowest BCUT2D eigenvalue weighted by Crippen LogP contribution is -2.01. The van der Waals surface area contributed by atoms with E-state index < -0.39 is 0 Å². The van der Waals surface area contributed by atoms with E-state index in [9.17, 15) is 9.50 Å². The SMILES string of the molecule is OCc1cc(Cl)ccc1OCc1ccc(Br)cc1F. The molecule has 2 aromatic carbocycles. The van der Waals surface area contributed by atoms with Crippen LogP contribution in [0.25, 0.3) is 0 Å². The topological polar surface area (TPSA) is 29.5 Å². The van der Waals surface area contributed by atoms with E-state index in [1.54, 1.807) is 30.3 Å². The van der Waals surface area contributed by atoms with Crippen molar-refractivity contribution in [3.8, 4) is 5.75 Å². The summed E-state index contributed by atoms with van der Waals surface area (Å²) < 4.78 is 19.8. The second kappa shape index (κ2) is 6.37. The third-order valence-corrected chi connectivity index (χ3v) is 3.32. The molecular formula is C14H11BrClFO2. The number of ether oxygens (including phenoxy) is 1. The van der Waals surface area contributed by atoms with E-state index in [1.807, 2.05) is 0 Å². The smallest absolute Gasteiger partial charge is 0.130 e. The largest absolute Gasteiger partial charge is 0.488 e. The Labute approximate surface area is 123 Å². The van der Waals surface area contributed by atoms with Gasteiger partial charge in [-0.1, -0.05) is 33.6 Å². The summed E-state index contributed by atoms with van der Waals surface area (Å²) in [7, 11) is 0. The molecule has 0 unspecified atom stereocenters. The fourth-order valence-electron chi connectivity index (χ4n) is 1.61. The highest BCUT2D eigenvalue weighted by atomic mass is 79.9. The van der Waals surface area contributed by atoms with Gasteiger partial charge in [-0.2, -0.15) is 0 Å². The fraction of sp³-hybridized carbons (Fsp3) is 0.143. The van der Waals surface area contributed by atoms with Gasteiger partial charge in [-0.15, -0.1) is 0 Å². The van der Waals surface area contributed by atoms with Crippen molar-refractivity contribution in [1.82, 2.24) is 0 Å². The summed E-state index contributed by atoms with van der Waals surface area (Å²) in [6.45, 7) is -0.0908. The Bertz CT molecular complexity index is 590. The maximum atomic E-state index is 13.6. The minimum Gasteiger partial charge on any atom is -0.488 e. The molecule has 2 nitrogen and oxygen atoms in total. The molecule has 0 heterocycles. The monoisotopic (exact) mass is 344 g/mol. The van der Waals surface area contributed by atoms with Crippen LogP contribution in [-0.2, 0) is 13.2 Å². The summed E-state index contributed by atoms with van der Waals surface area (Å²) in [6.07, 6.45) is 0. The first kappa shape index (κ1) is 14.3. The van der Waals surface area contributed by atoms with Gasteiger partial charge in [0.15, 0.2) is 0 Å². The van der Waals surface area contributed by atoms with E-state index in [0.29, 0.717) is 26.4 Å². The molecule has 0 bridgehead atoms. The zero-order chi connectivity index (χ0) is 13.8. The van der Waals surface area contributed by atoms with Crippen molar-refractivity contribution in [2.75, 3.05) is 0 Å². The number of halogens is 3. The van der Waals surface area contributed by atoms with Gasteiger partial charge in [0.25, 0.3) is 0 Å². The summed E-state index contributed by atoms with van der Waals surface area (Å²) in [6, 6.07) is 9.71. The molecule has 0 aliphatic rings. The first-order chi connectivity index (χ1) is 9.10. The van der Waals surface area contributed by atoms with Crippen molar-refractivity contribution in [2.45, 2.75) is 13.2 Å². The van der Waals surface area contributed by atoms with Crippen LogP contribution in [0.2, 0.25) is 5.02 Å². The Morgan fingerprint density at radius 3 is 2.63 bits per heavy atom. The second-order valence-corrected chi connectivity index (χ2v) is 5.29. The number of hydrogen-bond donors (Lipinski definition) is 1. The summed E-state index contributed by atoms with van der Waals surface area (Å²) in [5.74, 6) is 0.156. The van der Waals surface area contributed by atoms with Gasteiger partial charge >= 0.3 is 0 Å². The maximum absolute atomic E-state index is 13.6. The van der Waals surface area contributed by atoms with E-state index in [0.717, 1.165) is 0 Å². The Balaban J connectivity index is 2.14. The first-order valence-corrected chi connectivity index (χ1v) is 6.73. The Morgan fingerprint density at radius 1 is 1.16 bits per heavy atom. The standard InChI is InChI=1S/C14H11BrClFO2/c15-11-2-1-9(13(17)6-11)8-19-14-4-3-12(16)5-10(14)7-18/h1-6,18H,7-8H2.